The number of carbonyl (C=O) groups excluding carboxylic acids is 1. The van der Waals surface area contributed by atoms with Crippen LogP contribution in [0, 0.1) is 0 Å². The highest BCUT2D eigenvalue weighted by Gasteiger charge is 2.29. The number of rotatable bonds is 3. The molecule has 1 aliphatic heterocycles. The largest absolute Gasteiger partial charge is 0.379 e. The summed E-state index contributed by atoms with van der Waals surface area (Å²) >= 11 is 0. The molecule has 1 aromatic heterocycles. The topological polar surface area (TPSA) is 67.4 Å². The summed E-state index contributed by atoms with van der Waals surface area (Å²) < 4.78 is 5.35. The van der Waals surface area contributed by atoms with Gasteiger partial charge in [0.25, 0.3) is 5.91 Å². The van der Waals surface area contributed by atoms with Crippen LogP contribution in [0.2, 0.25) is 0 Å². The number of nitrogens with one attached hydrogen (secondary N) is 1. The Morgan fingerprint density at radius 3 is 2.72 bits per heavy atom. The first-order valence-electron chi connectivity index (χ1n) is 5.91. The molecule has 0 bridgehead atoms. The van der Waals surface area contributed by atoms with Crippen molar-refractivity contribution >= 4 is 11.7 Å². The predicted molar refractivity (Wildman–Crippen MR) is 67.5 cm³/mol. The maximum atomic E-state index is 11.6. The number of carbonyl (C=O) groups is 1. The van der Waals surface area contributed by atoms with Gasteiger partial charge in [0.05, 0.1) is 12.1 Å². The summed E-state index contributed by atoms with van der Waals surface area (Å²) in [6.45, 7) is 3.50. The SMILES string of the molecule is CN(C)C(=O)c1ccc(NC2(C)CCOC2)nn1. The number of aromatic nitrogens is 2. The van der Waals surface area contributed by atoms with Gasteiger partial charge in [-0.15, -0.1) is 10.2 Å². The molecule has 2 rings (SSSR count). The van der Waals surface area contributed by atoms with Crippen LogP contribution in [0.15, 0.2) is 12.1 Å². The van der Waals surface area contributed by atoms with E-state index in [2.05, 4.69) is 22.4 Å². The molecule has 1 unspecified atom stereocenters. The molecule has 98 valence electrons. The standard InChI is InChI=1S/C12H18N4O2/c1-12(6-7-18-8-12)13-10-5-4-9(14-15-10)11(17)16(2)3/h4-5H,6-8H2,1-3H3,(H,13,15). The Morgan fingerprint density at radius 1 is 1.44 bits per heavy atom. The lowest BCUT2D eigenvalue weighted by atomic mass is 10.0. The van der Waals surface area contributed by atoms with Crippen molar-refractivity contribution in [2.24, 2.45) is 0 Å². The normalized spacial score (nSPS) is 22.8. The molecule has 0 aliphatic carbocycles. The summed E-state index contributed by atoms with van der Waals surface area (Å²) in [6, 6.07) is 3.45. The molecule has 0 saturated carbocycles. The van der Waals surface area contributed by atoms with Gasteiger partial charge in [-0.3, -0.25) is 4.79 Å². The van der Waals surface area contributed by atoms with Gasteiger partial charge in [-0.1, -0.05) is 0 Å². The molecule has 1 aromatic rings. The summed E-state index contributed by atoms with van der Waals surface area (Å²) in [7, 11) is 3.38. The van der Waals surface area contributed by atoms with Gasteiger partial charge in [0.15, 0.2) is 5.69 Å². The molecule has 1 N–H and O–H groups in total. The molecule has 18 heavy (non-hydrogen) atoms. The molecule has 0 spiro atoms. The zero-order chi connectivity index (χ0) is 13.2. The third-order valence-corrected chi connectivity index (χ3v) is 2.94. The van der Waals surface area contributed by atoms with Crippen LogP contribution in [0.25, 0.3) is 0 Å². The molecular formula is C12H18N4O2. The van der Waals surface area contributed by atoms with E-state index in [0.717, 1.165) is 13.0 Å². The molecule has 2 heterocycles. The van der Waals surface area contributed by atoms with Crippen molar-refractivity contribution < 1.29 is 9.53 Å². The van der Waals surface area contributed by atoms with Crippen LogP contribution in [0.4, 0.5) is 5.82 Å². The summed E-state index contributed by atoms with van der Waals surface area (Å²) in [5.74, 6) is 0.516. The van der Waals surface area contributed by atoms with Crippen molar-refractivity contribution in [2.45, 2.75) is 18.9 Å². The number of hydrogen-bond donors (Lipinski definition) is 1. The lowest BCUT2D eigenvalue weighted by Crippen LogP contribution is -2.35. The Labute approximate surface area is 106 Å². The molecule has 1 saturated heterocycles. The Bertz CT molecular complexity index is 424. The molecule has 6 heteroatoms. The van der Waals surface area contributed by atoms with Gasteiger partial charge < -0.3 is 15.0 Å². The smallest absolute Gasteiger partial charge is 0.273 e. The lowest BCUT2D eigenvalue weighted by molar-refractivity contribution is 0.0821. The molecule has 0 aromatic carbocycles. The molecule has 1 amide bonds. The quantitative estimate of drug-likeness (QED) is 0.858. The number of hydrogen-bond acceptors (Lipinski definition) is 5. The Kier molecular flexibility index (Phi) is 3.47. The predicted octanol–water partition coefficient (Wildman–Crippen LogP) is 0.769. The van der Waals surface area contributed by atoms with Gasteiger partial charge in [0.1, 0.15) is 5.82 Å². The zero-order valence-corrected chi connectivity index (χ0v) is 10.9. The van der Waals surface area contributed by atoms with Gasteiger partial charge in [-0.25, -0.2) is 0 Å². The van der Waals surface area contributed by atoms with Crippen LogP contribution in [0.1, 0.15) is 23.8 Å². The summed E-state index contributed by atoms with van der Waals surface area (Å²) in [4.78, 5) is 13.1. The average Bonchev–Trinajstić information content (AvgIpc) is 2.76. The Morgan fingerprint density at radius 2 is 2.22 bits per heavy atom. The van der Waals surface area contributed by atoms with Gasteiger partial charge >= 0.3 is 0 Å². The fourth-order valence-corrected chi connectivity index (χ4v) is 1.82. The lowest BCUT2D eigenvalue weighted by Gasteiger charge is -2.23. The van der Waals surface area contributed by atoms with E-state index < -0.39 is 0 Å². The van der Waals surface area contributed by atoms with E-state index >= 15 is 0 Å². The fraction of sp³-hybridized carbons (Fsp3) is 0.583. The first-order valence-corrected chi connectivity index (χ1v) is 5.91. The van der Waals surface area contributed by atoms with E-state index in [-0.39, 0.29) is 11.4 Å². The van der Waals surface area contributed by atoms with Crippen molar-refractivity contribution in [3.05, 3.63) is 17.8 Å². The van der Waals surface area contributed by atoms with Crippen molar-refractivity contribution in [1.82, 2.24) is 15.1 Å². The maximum absolute atomic E-state index is 11.6. The van der Waals surface area contributed by atoms with E-state index in [1.807, 2.05) is 0 Å². The number of nitrogens with zero attached hydrogens (tertiary/aromatic N) is 3. The van der Waals surface area contributed by atoms with Crippen LogP contribution in [0.3, 0.4) is 0 Å². The second-order valence-corrected chi connectivity index (χ2v) is 4.99. The minimum atomic E-state index is -0.149. The summed E-state index contributed by atoms with van der Waals surface area (Å²) in [5.41, 5.74) is 0.250. The second-order valence-electron chi connectivity index (χ2n) is 4.99. The third-order valence-electron chi connectivity index (χ3n) is 2.94. The van der Waals surface area contributed by atoms with E-state index in [1.54, 1.807) is 26.2 Å². The van der Waals surface area contributed by atoms with Crippen molar-refractivity contribution in [3.63, 3.8) is 0 Å². The van der Waals surface area contributed by atoms with Gasteiger partial charge in [0.2, 0.25) is 0 Å². The highest BCUT2D eigenvalue weighted by molar-refractivity contribution is 5.91. The molecule has 1 fully saturated rings. The van der Waals surface area contributed by atoms with Crippen molar-refractivity contribution in [2.75, 3.05) is 32.6 Å². The third kappa shape index (κ3) is 2.76. The molecular weight excluding hydrogens is 232 g/mol. The minimum absolute atomic E-state index is 0.0955. The first kappa shape index (κ1) is 12.8. The van der Waals surface area contributed by atoms with Gasteiger partial charge in [-0.2, -0.15) is 0 Å². The highest BCUT2D eigenvalue weighted by Crippen LogP contribution is 2.22. The monoisotopic (exact) mass is 250 g/mol. The van der Waals surface area contributed by atoms with Crippen LogP contribution in [-0.2, 0) is 4.74 Å². The highest BCUT2D eigenvalue weighted by atomic mass is 16.5. The molecule has 1 atom stereocenters. The Balaban J connectivity index is 2.06. The molecule has 6 nitrogen and oxygen atoms in total. The Hall–Kier alpha value is -1.69. The fourth-order valence-electron chi connectivity index (χ4n) is 1.82. The zero-order valence-electron chi connectivity index (χ0n) is 10.9. The molecule has 0 radical (unpaired) electrons. The number of amides is 1. The van der Waals surface area contributed by atoms with Crippen LogP contribution in [-0.4, -0.2) is 53.9 Å². The molecule has 1 aliphatic rings. The maximum Gasteiger partial charge on any atom is 0.273 e. The summed E-state index contributed by atoms with van der Waals surface area (Å²) in [5, 5.41) is 11.2. The van der Waals surface area contributed by atoms with E-state index in [9.17, 15) is 4.79 Å². The van der Waals surface area contributed by atoms with Crippen LogP contribution in [0.5, 0.6) is 0 Å². The van der Waals surface area contributed by atoms with E-state index in [1.165, 1.54) is 4.90 Å². The van der Waals surface area contributed by atoms with Crippen LogP contribution < -0.4 is 5.32 Å². The average molecular weight is 250 g/mol. The first-order chi connectivity index (χ1) is 8.50. The van der Waals surface area contributed by atoms with Gasteiger partial charge in [0, 0.05) is 20.7 Å². The second kappa shape index (κ2) is 4.89. The van der Waals surface area contributed by atoms with E-state index in [0.29, 0.717) is 18.1 Å². The summed E-state index contributed by atoms with van der Waals surface area (Å²) in [6.07, 6.45) is 0.938. The van der Waals surface area contributed by atoms with Gasteiger partial charge in [-0.05, 0) is 25.5 Å². The number of anilines is 1. The van der Waals surface area contributed by atoms with Crippen molar-refractivity contribution in [1.29, 1.82) is 0 Å². The van der Waals surface area contributed by atoms with E-state index in [4.69, 9.17) is 4.74 Å². The number of ether oxygens (including phenoxy) is 1. The minimum Gasteiger partial charge on any atom is -0.379 e. The van der Waals surface area contributed by atoms with Crippen LogP contribution >= 0.6 is 0 Å². The van der Waals surface area contributed by atoms with Crippen molar-refractivity contribution in [3.8, 4) is 0 Å².